The van der Waals surface area contributed by atoms with Crippen molar-refractivity contribution in [1.82, 2.24) is 9.71 Å². The molecule has 7 heteroatoms. The molecule has 0 radical (unpaired) electrons. The van der Waals surface area contributed by atoms with Crippen LogP contribution in [-0.2, 0) is 16.6 Å². The van der Waals surface area contributed by atoms with E-state index in [1.165, 1.54) is 7.11 Å². The Balaban J connectivity index is 1.90. The summed E-state index contributed by atoms with van der Waals surface area (Å²) in [5, 5.41) is 0.604. The van der Waals surface area contributed by atoms with Gasteiger partial charge in [-0.25, -0.2) is 13.1 Å². The Morgan fingerprint density at radius 3 is 2.54 bits per heavy atom. The highest BCUT2D eigenvalue weighted by molar-refractivity contribution is 7.89. The number of ether oxygens (including phenoxy) is 2. The van der Waals surface area contributed by atoms with Crippen LogP contribution in [0.15, 0.2) is 53.6 Å². The van der Waals surface area contributed by atoms with E-state index in [1.807, 2.05) is 6.92 Å². The largest absolute Gasteiger partial charge is 0.493 e. The minimum Gasteiger partial charge on any atom is -0.493 e. The highest BCUT2D eigenvalue weighted by atomic mass is 32.2. The number of hydrogen-bond acceptors (Lipinski definition) is 5. The minimum atomic E-state index is -3.70. The molecule has 0 bridgehead atoms. The maximum absolute atomic E-state index is 12.8. The van der Waals surface area contributed by atoms with Crippen LogP contribution in [0.3, 0.4) is 0 Å². The lowest BCUT2D eigenvalue weighted by atomic mass is 10.1. The Hall–Kier alpha value is -2.64. The van der Waals surface area contributed by atoms with Crippen molar-refractivity contribution < 1.29 is 17.9 Å². The van der Waals surface area contributed by atoms with E-state index in [0.717, 1.165) is 11.1 Å². The molecule has 0 unspecified atom stereocenters. The molecule has 3 rings (SSSR count). The molecule has 0 atom stereocenters. The van der Waals surface area contributed by atoms with Crippen LogP contribution in [0.1, 0.15) is 11.1 Å². The maximum Gasteiger partial charge on any atom is 0.241 e. The molecule has 0 amide bonds. The molecule has 0 aliphatic carbocycles. The van der Waals surface area contributed by atoms with Crippen LogP contribution in [0.25, 0.3) is 10.9 Å². The molecule has 0 fully saturated rings. The van der Waals surface area contributed by atoms with Gasteiger partial charge in [-0.05, 0) is 48.4 Å². The monoisotopic (exact) mass is 372 g/mol. The molecule has 1 N–H and O–H groups in total. The zero-order valence-corrected chi connectivity index (χ0v) is 15.6. The van der Waals surface area contributed by atoms with Gasteiger partial charge in [0.2, 0.25) is 10.0 Å². The summed E-state index contributed by atoms with van der Waals surface area (Å²) >= 11 is 0. The van der Waals surface area contributed by atoms with Crippen LogP contribution < -0.4 is 14.2 Å². The van der Waals surface area contributed by atoms with Crippen LogP contribution in [-0.4, -0.2) is 27.6 Å². The van der Waals surface area contributed by atoms with E-state index in [0.29, 0.717) is 22.4 Å². The Bertz CT molecular complexity index is 1050. The molecule has 2 aromatic carbocycles. The zero-order chi connectivity index (χ0) is 18.7. The number of methoxy groups -OCH3 is 2. The first-order chi connectivity index (χ1) is 12.5. The Kier molecular flexibility index (Phi) is 5.11. The fourth-order valence-electron chi connectivity index (χ4n) is 2.77. The summed E-state index contributed by atoms with van der Waals surface area (Å²) in [6.45, 7) is 2.04. The van der Waals surface area contributed by atoms with E-state index in [1.54, 1.807) is 55.8 Å². The van der Waals surface area contributed by atoms with E-state index in [4.69, 9.17) is 9.47 Å². The Morgan fingerprint density at radius 1 is 1.04 bits per heavy atom. The van der Waals surface area contributed by atoms with Crippen LogP contribution >= 0.6 is 0 Å². The quantitative estimate of drug-likeness (QED) is 0.720. The average Bonchev–Trinajstić information content (AvgIpc) is 2.66. The first kappa shape index (κ1) is 18.2. The first-order valence-electron chi connectivity index (χ1n) is 8.01. The molecule has 1 heterocycles. The van der Waals surface area contributed by atoms with Crippen LogP contribution in [0.2, 0.25) is 0 Å². The zero-order valence-electron chi connectivity index (χ0n) is 14.8. The normalized spacial score (nSPS) is 11.5. The molecule has 136 valence electrons. The Labute approximate surface area is 152 Å². The van der Waals surface area contributed by atoms with Gasteiger partial charge in [0.05, 0.1) is 24.6 Å². The lowest BCUT2D eigenvalue weighted by Crippen LogP contribution is -2.23. The summed E-state index contributed by atoms with van der Waals surface area (Å²) in [6, 6.07) is 12.1. The van der Waals surface area contributed by atoms with Gasteiger partial charge < -0.3 is 9.47 Å². The number of aryl methyl sites for hydroxylation is 1. The van der Waals surface area contributed by atoms with E-state index < -0.39 is 10.0 Å². The molecule has 3 aromatic rings. The lowest BCUT2D eigenvalue weighted by Gasteiger charge is -2.12. The number of nitrogens with one attached hydrogen (secondary N) is 1. The van der Waals surface area contributed by atoms with Crippen molar-refractivity contribution in [2.24, 2.45) is 0 Å². The summed E-state index contributed by atoms with van der Waals surface area (Å²) < 4.78 is 38.7. The SMILES string of the molecule is COc1ccc(CNS(=O)(=O)c2ccc(C)c3ncccc23)cc1OC. The number of hydrogen-bond donors (Lipinski definition) is 1. The van der Waals surface area contributed by atoms with Crippen LogP contribution in [0, 0.1) is 6.92 Å². The van der Waals surface area contributed by atoms with Crippen molar-refractivity contribution in [1.29, 1.82) is 0 Å². The van der Waals surface area contributed by atoms with Gasteiger partial charge in [-0.15, -0.1) is 0 Å². The molecule has 0 saturated carbocycles. The second-order valence-corrected chi connectivity index (χ2v) is 7.53. The van der Waals surface area contributed by atoms with Gasteiger partial charge in [0.15, 0.2) is 11.5 Å². The standard InChI is InChI=1S/C19H20N2O4S/c1-13-6-9-18(15-5-4-10-20-19(13)15)26(22,23)21-12-14-7-8-16(24-2)17(11-14)25-3/h4-11,21H,12H2,1-3H3. The van der Waals surface area contributed by atoms with Gasteiger partial charge in [0.1, 0.15) is 0 Å². The van der Waals surface area contributed by atoms with Crippen LogP contribution in [0.4, 0.5) is 0 Å². The van der Waals surface area contributed by atoms with E-state index in [-0.39, 0.29) is 11.4 Å². The number of benzene rings is 2. The molecular weight excluding hydrogens is 352 g/mol. The highest BCUT2D eigenvalue weighted by Crippen LogP contribution is 2.28. The number of nitrogens with zero attached hydrogens (tertiary/aromatic N) is 1. The summed E-state index contributed by atoms with van der Waals surface area (Å²) in [7, 11) is -0.608. The molecular formula is C19H20N2O4S. The summed E-state index contributed by atoms with van der Waals surface area (Å²) in [4.78, 5) is 4.51. The van der Waals surface area contributed by atoms with E-state index in [2.05, 4.69) is 9.71 Å². The van der Waals surface area contributed by atoms with Gasteiger partial charge in [-0.3, -0.25) is 4.98 Å². The van der Waals surface area contributed by atoms with Crippen molar-refractivity contribution >= 4 is 20.9 Å². The van der Waals surface area contributed by atoms with Gasteiger partial charge in [-0.1, -0.05) is 12.1 Å². The third-order valence-corrected chi connectivity index (χ3v) is 5.59. The predicted molar refractivity (Wildman–Crippen MR) is 100 cm³/mol. The topological polar surface area (TPSA) is 77.5 Å². The molecule has 0 saturated heterocycles. The maximum atomic E-state index is 12.8. The van der Waals surface area contributed by atoms with Crippen LogP contribution in [0.5, 0.6) is 11.5 Å². The molecule has 0 spiro atoms. The smallest absolute Gasteiger partial charge is 0.241 e. The number of fused-ring (bicyclic) bond motifs is 1. The molecule has 0 aliphatic heterocycles. The minimum absolute atomic E-state index is 0.137. The number of pyridine rings is 1. The van der Waals surface area contributed by atoms with Crippen molar-refractivity contribution in [3.05, 3.63) is 59.8 Å². The van der Waals surface area contributed by atoms with E-state index >= 15 is 0 Å². The first-order valence-corrected chi connectivity index (χ1v) is 9.49. The van der Waals surface area contributed by atoms with Gasteiger partial charge >= 0.3 is 0 Å². The predicted octanol–water partition coefficient (Wildman–Crippen LogP) is 3.04. The fraction of sp³-hybridized carbons (Fsp3) is 0.211. The summed E-state index contributed by atoms with van der Waals surface area (Å²) in [5.74, 6) is 1.14. The number of sulfonamides is 1. The fourth-order valence-corrected chi connectivity index (χ4v) is 3.98. The van der Waals surface area contributed by atoms with E-state index in [9.17, 15) is 8.42 Å². The Morgan fingerprint density at radius 2 is 1.81 bits per heavy atom. The van der Waals surface area contributed by atoms with Crippen molar-refractivity contribution in [2.45, 2.75) is 18.4 Å². The highest BCUT2D eigenvalue weighted by Gasteiger charge is 2.18. The van der Waals surface area contributed by atoms with Gasteiger partial charge in [0, 0.05) is 18.1 Å². The molecule has 26 heavy (non-hydrogen) atoms. The third kappa shape index (κ3) is 3.49. The average molecular weight is 372 g/mol. The molecule has 6 nitrogen and oxygen atoms in total. The number of aromatic nitrogens is 1. The van der Waals surface area contributed by atoms with Gasteiger partial charge in [0.25, 0.3) is 0 Å². The van der Waals surface area contributed by atoms with Crippen molar-refractivity contribution in [2.75, 3.05) is 14.2 Å². The third-order valence-electron chi connectivity index (χ3n) is 4.14. The summed E-state index contributed by atoms with van der Waals surface area (Å²) in [6.07, 6.45) is 1.66. The second-order valence-electron chi connectivity index (χ2n) is 5.79. The van der Waals surface area contributed by atoms with Crippen molar-refractivity contribution in [3.63, 3.8) is 0 Å². The summed E-state index contributed by atoms with van der Waals surface area (Å²) in [5.41, 5.74) is 2.38. The second kappa shape index (κ2) is 7.31. The molecule has 0 aliphatic rings. The lowest BCUT2D eigenvalue weighted by molar-refractivity contribution is 0.354. The molecule has 1 aromatic heterocycles. The number of rotatable bonds is 6. The van der Waals surface area contributed by atoms with Gasteiger partial charge in [-0.2, -0.15) is 0 Å². The van der Waals surface area contributed by atoms with Crippen molar-refractivity contribution in [3.8, 4) is 11.5 Å².